The van der Waals surface area contributed by atoms with Crippen molar-refractivity contribution in [1.82, 2.24) is 5.32 Å². The standard InChI is InChI=1S/C25H28N2O3S/c1-16-4-9-19(10-5-16)26-24(28)18-8-13-22-21(15-18)27(2)25(29)23(31-22)14-17-6-11-20(30-3)12-7-17/h6-8,11-16,19,22H,4-5,9-10H2,1-3H3/p+1/b23-14-. The number of carbonyl (C=O) groups excluding carboxylic acids is 2. The highest BCUT2D eigenvalue weighted by atomic mass is 32.2. The van der Waals surface area contributed by atoms with Crippen molar-refractivity contribution in [2.75, 3.05) is 14.2 Å². The molecule has 31 heavy (non-hydrogen) atoms. The minimum absolute atomic E-state index is 0.0132. The Morgan fingerprint density at radius 1 is 1.19 bits per heavy atom. The number of hydrogen-bond donors (Lipinski definition) is 1. The molecule has 0 bridgehead atoms. The van der Waals surface area contributed by atoms with E-state index in [1.54, 1.807) is 18.7 Å². The number of thioether (sulfide) groups is 1. The summed E-state index contributed by atoms with van der Waals surface area (Å²) in [5.74, 6) is 1.43. The van der Waals surface area contributed by atoms with Gasteiger partial charge in [-0.15, -0.1) is 0 Å². The fourth-order valence-electron chi connectivity index (χ4n) is 4.20. The third-order valence-corrected chi connectivity index (χ3v) is 7.43. The van der Waals surface area contributed by atoms with Gasteiger partial charge in [-0.2, -0.15) is 4.58 Å². The Kier molecular flexibility index (Phi) is 6.46. The second-order valence-corrected chi connectivity index (χ2v) is 9.68. The van der Waals surface area contributed by atoms with Gasteiger partial charge >= 0.3 is 5.91 Å². The van der Waals surface area contributed by atoms with E-state index in [1.165, 1.54) is 11.8 Å². The highest BCUT2D eigenvalue weighted by molar-refractivity contribution is 8.05. The molecule has 1 aromatic rings. The van der Waals surface area contributed by atoms with Gasteiger partial charge in [-0.05, 0) is 55.4 Å². The van der Waals surface area contributed by atoms with E-state index in [9.17, 15) is 9.59 Å². The molecule has 5 nitrogen and oxygen atoms in total. The minimum atomic E-state index is -0.0559. The van der Waals surface area contributed by atoms with Crippen LogP contribution in [0.4, 0.5) is 0 Å². The van der Waals surface area contributed by atoms with Crippen molar-refractivity contribution in [2.24, 2.45) is 5.92 Å². The highest BCUT2D eigenvalue weighted by Crippen LogP contribution is 2.33. The van der Waals surface area contributed by atoms with E-state index in [4.69, 9.17) is 4.74 Å². The van der Waals surface area contributed by atoms with Crippen molar-refractivity contribution in [1.29, 1.82) is 0 Å². The highest BCUT2D eigenvalue weighted by Gasteiger charge is 2.38. The van der Waals surface area contributed by atoms with Crippen LogP contribution in [0.25, 0.3) is 6.08 Å². The second kappa shape index (κ2) is 9.27. The van der Waals surface area contributed by atoms with E-state index in [0.29, 0.717) is 10.5 Å². The van der Waals surface area contributed by atoms with E-state index < -0.39 is 0 Å². The molecule has 2 aliphatic carbocycles. The molecule has 4 rings (SSSR count). The fraction of sp³-hybridized carbons (Fsp3) is 0.400. The van der Waals surface area contributed by atoms with Crippen molar-refractivity contribution >= 4 is 35.4 Å². The number of nitrogens with zero attached hydrogens (tertiary/aromatic N) is 1. The smallest absolute Gasteiger partial charge is 0.425 e. The van der Waals surface area contributed by atoms with E-state index in [-0.39, 0.29) is 23.1 Å². The van der Waals surface area contributed by atoms with Gasteiger partial charge in [0.2, 0.25) is 5.71 Å². The average Bonchev–Trinajstić information content (AvgIpc) is 2.79. The molecule has 0 spiro atoms. The number of hydrogen-bond acceptors (Lipinski definition) is 4. The number of allylic oxidation sites excluding steroid dienone is 1. The first-order valence-corrected chi connectivity index (χ1v) is 11.7. The summed E-state index contributed by atoms with van der Waals surface area (Å²) in [6.07, 6.45) is 12.1. The molecule has 0 radical (unpaired) electrons. The monoisotopic (exact) mass is 437 g/mol. The Morgan fingerprint density at radius 2 is 1.90 bits per heavy atom. The molecular weight excluding hydrogens is 408 g/mol. The van der Waals surface area contributed by atoms with E-state index >= 15 is 0 Å². The molecule has 6 heteroatoms. The molecule has 162 valence electrons. The van der Waals surface area contributed by atoms with Crippen LogP contribution < -0.4 is 10.1 Å². The van der Waals surface area contributed by atoms with Gasteiger partial charge < -0.3 is 10.1 Å². The zero-order chi connectivity index (χ0) is 22.0. The first-order chi connectivity index (χ1) is 14.9. The third-order valence-electron chi connectivity index (χ3n) is 6.23. The molecule has 1 aliphatic heterocycles. The van der Waals surface area contributed by atoms with Gasteiger partial charge in [0, 0.05) is 17.7 Å². The Labute approximate surface area is 187 Å². The Bertz CT molecular complexity index is 996. The number of likely N-dealkylation sites (N-methyl/N-ethyl adjacent to an activating group) is 1. The van der Waals surface area contributed by atoms with Crippen molar-refractivity contribution < 1.29 is 18.9 Å². The molecule has 1 unspecified atom stereocenters. The summed E-state index contributed by atoms with van der Waals surface area (Å²) in [5.41, 5.74) is 2.42. The lowest BCUT2D eigenvalue weighted by Crippen LogP contribution is -2.40. The van der Waals surface area contributed by atoms with Crippen molar-refractivity contribution in [2.45, 2.75) is 43.9 Å². The van der Waals surface area contributed by atoms with Gasteiger partial charge in [-0.25, -0.2) is 4.79 Å². The molecule has 1 N–H and O–H groups in total. The van der Waals surface area contributed by atoms with E-state index in [1.807, 2.05) is 48.6 Å². The molecule has 2 amide bonds. The molecule has 1 saturated carbocycles. The Balaban J connectivity index is 1.50. The number of carbonyl (C=O) groups is 2. The average molecular weight is 438 g/mol. The topological polar surface area (TPSA) is 58.4 Å². The van der Waals surface area contributed by atoms with Crippen LogP contribution in [0.2, 0.25) is 0 Å². The number of benzene rings is 1. The number of nitrogens with one attached hydrogen (secondary N) is 1. The quantitative estimate of drug-likeness (QED) is 0.572. The van der Waals surface area contributed by atoms with Gasteiger partial charge in [0.05, 0.1) is 7.11 Å². The first kappa shape index (κ1) is 21.6. The van der Waals surface area contributed by atoms with Crippen molar-refractivity contribution in [3.63, 3.8) is 0 Å². The lowest BCUT2D eigenvalue weighted by molar-refractivity contribution is -0.413. The van der Waals surface area contributed by atoms with Crippen LogP contribution in [0, 0.1) is 5.92 Å². The molecule has 1 aromatic carbocycles. The van der Waals surface area contributed by atoms with Gasteiger partial charge in [0.1, 0.15) is 23.0 Å². The van der Waals surface area contributed by atoms with Crippen LogP contribution in [0.1, 0.15) is 38.2 Å². The first-order valence-electron chi connectivity index (χ1n) is 10.8. The second-order valence-electron chi connectivity index (χ2n) is 8.50. The molecular formula is C25H29N2O3S+. The summed E-state index contributed by atoms with van der Waals surface area (Å²) >= 11 is 1.52. The summed E-state index contributed by atoms with van der Waals surface area (Å²) in [6.45, 7) is 2.27. The van der Waals surface area contributed by atoms with Crippen molar-refractivity contribution in [3.8, 4) is 5.75 Å². The lowest BCUT2D eigenvalue weighted by atomic mass is 9.87. The number of rotatable bonds is 4. The van der Waals surface area contributed by atoms with E-state index in [0.717, 1.165) is 48.6 Å². The van der Waals surface area contributed by atoms with Crippen molar-refractivity contribution in [3.05, 3.63) is 58.5 Å². The predicted octanol–water partition coefficient (Wildman–Crippen LogP) is 3.95. The summed E-state index contributed by atoms with van der Waals surface area (Å²) in [7, 11) is 3.41. The lowest BCUT2D eigenvalue weighted by Gasteiger charge is -2.27. The minimum Gasteiger partial charge on any atom is -0.497 e. The molecule has 1 heterocycles. The number of methoxy groups -OCH3 is 1. The van der Waals surface area contributed by atoms with Gasteiger partial charge in [0.25, 0.3) is 5.91 Å². The number of ether oxygens (including phenoxy) is 1. The third kappa shape index (κ3) is 4.85. The summed E-state index contributed by atoms with van der Waals surface area (Å²) in [4.78, 5) is 26.4. The van der Waals surface area contributed by atoms with Gasteiger partial charge in [-0.3, -0.25) is 4.79 Å². The van der Waals surface area contributed by atoms with Crippen LogP contribution in [-0.2, 0) is 9.59 Å². The molecule has 0 aromatic heterocycles. The summed E-state index contributed by atoms with van der Waals surface area (Å²) in [5, 5.41) is 3.19. The van der Waals surface area contributed by atoms with Gasteiger partial charge in [0.15, 0.2) is 0 Å². The van der Waals surface area contributed by atoms with E-state index in [2.05, 4.69) is 12.2 Å². The van der Waals surface area contributed by atoms with Crippen LogP contribution in [-0.4, -0.2) is 47.6 Å². The fourth-order valence-corrected chi connectivity index (χ4v) is 5.42. The van der Waals surface area contributed by atoms with Crippen LogP contribution in [0.5, 0.6) is 5.75 Å². The van der Waals surface area contributed by atoms with Crippen LogP contribution >= 0.6 is 11.8 Å². The molecule has 3 aliphatic rings. The Morgan fingerprint density at radius 3 is 2.58 bits per heavy atom. The maximum Gasteiger partial charge on any atom is 0.425 e. The maximum absolute atomic E-state index is 13.0. The van der Waals surface area contributed by atoms with Crippen LogP contribution in [0.3, 0.4) is 0 Å². The van der Waals surface area contributed by atoms with Gasteiger partial charge in [-0.1, -0.05) is 43.0 Å². The zero-order valence-electron chi connectivity index (χ0n) is 18.3. The SMILES string of the molecule is COc1ccc(/C=C2\SC3C=CC(C(=O)NC4CCC(C)CC4)=CC3=[N+](C)C2=O)cc1. The summed E-state index contributed by atoms with van der Waals surface area (Å²) in [6, 6.07) is 7.88. The Hall–Kier alpha value is -2.60. The zero-order valence-corrected chi connectivity index (χ0v) is 19.1. The van der Waals surface area contributed by atoms with Crippen LogP contribution in [0.15, 0.2) is 53.0 Å². The summed E-state index contributed by atoms with van der Waals surface area (Å²) < 4.78 is 6.86. The number of amides is 2. The largest absolute Gasteiger partial charge is 0.497 e. The molecule has 0 saturated heterocycles. The number of fused-ring (bicyclic) bond motifs is 1. The normalized spacial score (nSPS) is 27.1. The molecule has 1 atom stereocenters. The predicted molar refractivity (Wildman–Crippen MR) is 125 cm³/mol. The maximum atomic E-state index is 13.0. The molecule has 1 fully saturated rings.